The molecule has 3 unspecified atom stereocenters. The molecule has 2 heterocycles. The summed E-state index contributed by atoms with van der Waals surface area (Å²) in [6, 6.07) is 7.30. The number of primary amides is 1. The highest BCUT2D eigenvalue weighted by atomic mass is 16.2. The first-order valence-corrected chi connectivity index (χ1v) is 15.1. The van der Waals surface area contributed by atoms with E-state index >= 15 is 0 Å². The van der Waals surface area contributed by atoms with Crippen LogP contribution in [0.25, 0.3) is 0 Å². The summed E-state index contributed by atoms with van der Waals surface area (Å²) in [5.41, 5.74) is 9.65. The van der Waals surface area contributed by atoms with Gasteiger partial charge in [0.1, 0.15) is 6.04 Å². The minimum atomic E-state index is -0.542. The van der Waals surface area contributed by atoms with Crippen LogP contribution in [0.1, 0.15) is 80.3 Å². The first-order chi connectivity index (χ1) is 19.4. The van der Waals surface area contributed by atoms with Crippen LogP contribution in [0.3, 0.4) is 0 Å². The van der Waals surface area contributed by atoms with Crippen molar-refractivity contribution >= 4 is 17.8 Å². The van der Waals surface area contributed by atoms with Crippen LogP contribution >= 0.6 is 0 Å². The van der Waals surface area contributed by atoms with Crippen molar-refractivity contribution in [1.82, 2.24) is 25.1 Å². The Morgan fingerprint density at radius 2 is 1.70 bits per heavy atom. The summed E-state index contributed by atoms with van der Waals surface area (Å²) in [4.78, 5) is 45.2. The van der Waals surface area contributed by atoms with Crippen LogP contribution in [0.2, 0.25) is 0 Å². The van der Waals surface area contributed by atoms with Crippen LogP contribution in [0.4, 0.5) is 4.79 Å². The highest BCUT2D eigenvalue weighted by Crippen LogP contribution is 2.31. The third-order valence-corrected chi connectivity index (χ3v) is 9.28. The van der Waals surface area contributed by atoms with Crippen molar-refractivity contribution in [2.75, 3.05) is 13.1 Å². The first-order valence-electron chi connectivity index (χ1n) is 15.1. The number of hydrogen-bond donors (Lipinski definition) is 3. The molecule has 9 heteroatoms. The zero-order valence-corrected chi connectivity index (χ0v) is 23.7. The van der Waals surface area contributed by atoms with Crippen LogP contribution in [-0.4, -0.2) is 51.4 Å². The van der Waals surface area contributed by atoms with Gasteiger partial charge in [-0.05, 0) is 62.0 Å². The van der Waals surface area contributed by atoms with Gasteiger partial charge in [-0.25, -0.2) is 9.78 Å². The van der Waals surface area contributed by atoms with E-state index in [1.807, 2.05) is 23.4 Å². The minimum absolute atomic E-state index is 0.00445. The monoisotopic (exact) mass is 548 g/mol. The van der Waals surface area contributed by atoms with Gasteiger partial charge in [-0.1, -0.05) is 49.9 Å². The Kier molecular flexibility index (Phi) is 9.07. The lowest BCUT2D eigenvalue weighted by molar-refractivity contribution is -0.146. The van der Waals surface area contributed by atoms with Gasteiger partial charge in [-0.2, -0.15) is 0 Å². The zero-order valence-electron chi connectivity index (χ0n) is 23.7. The predicted octanol–water partition coefficient (Wildman–Crippen LogP) is 3.66. The molecule has 5 rings (SSSR count). The number of carbonyl (C=O) groups excluding carboxylic acids is 3. The Morgan fingerprint density at radius 1 is 0.975 bits per heavy atom. The number of fused-ring (bicyclic) bond motifs is 1. The van der Waals surface area contributed by atoms with E-state index in [0.29, 0.717) is 44.4 Å². The van der Waals surface area contributed by atoms with Gasteiger partial charge in [-0.3, -0.25) is 9.59 Å². The van der Waals surface area contributed by atoms with Crippen LogP contribution < -0.4 is 16.4 Å². The van der Waals surface area contributed by atoms with E-state index in [9.17, 15) is 14.4 Å². The lowest BCUT2D eigenvalue weighted by Crippen LogP contribution is -2.55. The van der Waals surface area contributed by atoms with Crippen molar-refractivity contribution < 1.29 is 14.4 Å². The number of rotatable bonds is 8. The van der Waals surface area contributed by atoms with Crippen LogP contribution in [0.15, 0.2) is 30.6 Å². The van der Waals surface area contributed by atoms with Crippen molar-refractivity contribution in [2.45, 2.75) is 90.3 Å². The van der Waals surface area contributed by atoms with Crippen molar-refractivity contribution in [3.05, 3.63) is 53.1 Å². The summed E-state index contributed by atoms with van der Waals surface area (Å²) in [5, 5.41) is 5.93. The maximum atomic E-state index is 13.9. The normalized spacial score (nSPS) is 23.3. The van der Waals surface area contributed by atoms with E-state index in [0.717, 1.165) is 62.8 Å². The fraction of sp³-hybridized carbons (Fsp3) is 0.613. The fourth-order valence-electron chi connectivity index (χ4n) is 6.90. The van der Waals surface area contributed by atoms with E-state index in [1.54, 1.807) is 0 Å². The molecule has 2 fully saturated rings. The third kappa shape index (κ3) is 6.67. The number of aromatic nitrogens is 2. The highest BCUT2D eigenvalue weighted by molar-refractivity contribution is 5.89. The number of urea groups is 1. The molecule has 0 bridgehead atoms. The molecule has 1 aromatic heterocycles. The molecular formula is C31H44N6O3. The molecule has 1 aliphatic heterocycles. The molecule has 2 saturated carbocycles. The summed E-state index contributed by atoms with van der Waals surface area (Å²) in [6.07, 6.45) is 11.6. The predicted molar refractivity (Wildman–Crippen MR) is 153 cm³/mol. The third-order valence-electron chi connectivity index (χ3n) is 9.28. The molecule has 2 aromatic rings. The largest absolute Gasteiger partial charge is 0.354 e. The molecule has 1 aromatic carbocycles. The molecular weight excluding hydrogens is 504 g/mol. The van der Waals surface area contributed by atoms with Gasteiger partial charge in [0.05, 0.1) is 24.3 Å². The van der Waals surface area contributed by atoms with E-state index in [4.69, 9.17) is 10.7 Å². The second-order valence-corrected chi connectivity index (χ2v) is 12.1. The van der Waals surface area contributed by atoms with Gasteiger partial charge in [-0.15, -0.1) is 0 Å². The summed E-state index contributed by atoms with van der Waals surface area (Å²) in [7, 11) is 0. The number of amides is 4. The highest BCUT2D eigenvalue weighted by Gasteiger charge is 2.39. The SMILES string of the molecule is Cc1ccccc1Cn1cnc2c1CN(C(=O)C1CCCCC1)C(C(=O)NCC1CCCC(CNC(N)=O)C1)C2. The molecule has 9 nitrogen and oxygen atoms in total. The van der Waals surface area contributed by atoms with Crippen molar-refractivity contribution in [1.29, 1.82) is 0 Å². The van der Waals surface area contributed by atoms with Crippen LogP contribution in [0.5, 0.6) is 0 Å². The average Bonchev–Trinajstić information content (AvgIpc) is 3.37. The molecule has 4 N–H and O–H groups in total. The Bertz CT molecular complexity index is 1200. The lowest BCUT2D eigenvalue weighted by Gasteiger charge is -2.38. The Hall–Kier alpha value is -3.36. The van der Waals surface area contributed by atoms with Crippen LogP contribution in [0, 0.1) is 24.7 Å². The van der Waals surface area contributed by atoms with Crippen LogP contribution in [-0.2, 0) is 29.1 Å². The summed E-state index contributed by atoms with van der Waals surface area (Å²) < 4.78 is 2.15. The Labute approximate surface area is 237 Å². The molecule has 40 heavy (non-hydrogen) atoms. The molecule has 0 saturated heterocycles. The fourth-order valence-corrected chi connectivity index (χ4v) is 6.90. The number of nitrogens with two attached hydrogens (primary N) is 1. The van der Waals surface area contributed by atoms with Crippen molar-refractivity contribution in [2.24, 2.45) is 23.5 Å². The molecule has 3 aliphatic rings. The Balaban J connectivity index is 1.29. The quantitative estimate of drug-likeness (QED) is 0.466. The van der Waals surface area contributed by atoms with Gasteiger partial charge in [0.25, 0.3) is 0 Å². The Morgan fingerprint density at radius 3 is 2.42 bits per heavy atom. The average molecular weight is 549 g/mol. The molecule has 3 atom stereocenters. The maximum absolute atomic E-state index is 13.9. The summed E-state index contributed by atoms with van der Waals surface area (Å²) >= 11 is 0. The van der Waals surface area contributed by atoms with E-state index < -0.39 is 12.1 Å². The lowest BCUT2D eigenvalue weighted by atomic mass is 9.81. The second-order valence-electron chi connectivity index (χ2n) is 12.1. The topological polar surface area (TPSA) is 122 Å². The van der Waals surface area contributed by atoms with Gasteiger partial charge in [0.2, 0.25) is 11.8 Å². The van der Waals surface area contributed by atoms with Gasteiger partial charge < -0.3 is 25.8 Å². The van der Waals surface area contributed by atoms with Gasteiger partial charge in [0.15, 0.2) is 0 Å². The molecule has 0 spiro atoms. The zero-order chi connectivity index (χ0) is 28.1. The molecule has 216 valence electrons. The smallest absolute Gasteiger partial charge is 0.312 e. The number of hydrogen-bond acceptors (Lipinski definition) is 4. The number of benzene rings is 1. The van der Waals surface area contributed by atoms with Gasteiger partial charge >= 0.3 is 6.03 Å². The number of carbonyl (C=O) groups is 3. The summed E-state index contributed by atoms with van der Waals surface area (Å²) in [6.45, 7) is 4.40. The van der Waals surface area contributed by atoms with E-state index in [-0.39, 0.29) is 17.7 Å². The first kappa shape index (κ1) is 28.2. The molecule has 0 radical (unpaired) electrons. The van der Waals surface area contributed by atoms with E-state index in [1.165, 1.54) is 17.5 Å². The summed E-state index contributed by atoms with van der Waals surface area (Å²) in [5.74, 6) is 0.759. The number of nitrogens with one attached hydrogen (secondary N) is 2. The minimum Gasteiger partial charge on any atom is -0.354 e. The number of aryl methyl sites for hydroxylation is 1. The van der Waals surface area contributed by atoms with Crippen molar-refractivity contribution in [3.63, 3.8) is 0 Å². The second kappa shape index (κ2) is 12.9. The van der Waals surface area contributed by atoms with E-state index in [2.05, 4.69) is 34.3 Å². The number of imidazole rings is 1. The van der Waals surface area contributed by atoms with Gasteiger partial charge in [0, 0.05) is 32.0 Å². The number of nitrogens with zero attached hydrogens (tertiary/aromatic N) is 3. The maximum Gasteiger partial charge on any atom is 0.312 e. The standard InChI is InChI=1S/C31H44N6O3/c1-21-8-5-6-13-25(21)18-36-20-35-26-15-27(37(19-28(26)36)30(39)24-11-3-2-4-12-24)29(38)33-16-22-9-7-10-23(14-22)17-34-31(32)40/h5-6,8,13,20,22-24,27H,2-4,7,9-12,14-19H2,1H3,(H,33,38)(H3,32,34,40). The van der Waals surface area contributed by atoms with Crippen molar-refractivity contribution in [3.8, 4) is 0 Å². The molecule has 2 aliphatic carbocycles. The molecule has 4 amide bonds.